The van der Waals surface area contributed by atoms with Crippen LogP contribution < -0.4 is 5.11 Å². The highest BCUT2D eigenvalue weighted by Gasteiger charge is 2.28. The van der Waals surface area contributed by atoms with E-state index in [9.17, 15) is 19.8 Å². The Balaban J connectivity index is 2.77. The number of ether oxygens (including phenoxy) is 1. The van der Waals surface area contributed by atoms with E-state index in [0.29, 0.717) is 5.56 Å². The second-order valence-electron chi connectivity index (χ2n) is 3.81. The Morgan fingerprint density at radius 2 is 1.94 bits per heavy atom. The minimum absolute atomic E-state index is 0.0170. The highest BCUT2D eigenvalue weighted by Crippen LogP contribution is 2.13. The number of hydrogen-bond acceptors (Lipinski definition) is 5. The van der Waals surface area contributed by atoms with Gasteiger partial charge in [-0.1, -0.05) is 30.3 Å². The third-order valence-electron chi connectivity index (χ3n) is 2.51. The van der Waals surface area contributed by atoms with E-state index in [2.05, 4.69) is 4.74 Å². The number of aliphatic hydroxyl groups is 1. The zero-order valence-electron chi connectivity index (χ0n) is 10.0. The summed E-state index contributed by atoms with van der Waals surface area (Å²) in [7, 11) is 0. The van der Waals surface area contributed by atoms with Gasteiger partial charge < -0.3 is 19.7 Å². The zero-order valence-corrected chi connectivity index (χ0v) is 10.0. The molecule has 0 bridgehead atoms. The first kappa shape index (κ1) is 14.2. The molecule has 0 aliphatic heterocycles. The third-order valence-corrected chi connectivity index (χ3v) is 2.51. The van der Waals surface area contributed by atoms with Crippen molar-refractivity contribution in [2.24, 2.45) is 5.92 Å². The summed E-state index contributed by atoms with van der Waals surface area (Å²) in [5.41, 5.74) is 0.704. The molecule has 0 saturated carbocycles. The molecule has 0 aliphatic carbocycles. The van der Waals surface area contributed by atoms with Crippen molar-refractivity contribution in [1.82, 2.24) is 0 Å². The molecule has 5 nitrogen and oxygen atoms in total. The summed E-state index contributed by atoms with van der Waals surface area (Å²) in [4.78, 5) is 22.3. The number of aliphatic carboxylic acids is 1. The number of carbonyl (C=O) groups is 2. The molecule has 0 amide bonds. The fourth-order valence-corrected chi connectivity index (χ4v) is 1.58. The zero-order chi connectivity index (χ0) is 13.5. The maximum atomic E-state index is 11.3. The van der Waals surface area contributed by atoms with Crippen LogP contribution in [0.25, 0.3) is 0 Å². The standard InChI is InChI=1S/C13H16O5/c1-2-18-13(17)11(14)10(12(15)16)8-9-6-4-3-5-7-9/h3-7,10-11,14H,2,8H2,1H3,(H,15,16)/p-1/t10-,11-/m1/s1. The monoisotopic (exact) mass is 251 g/mol. The molecular formula is C13H15O5-. The molecule has 98 valence electrons. The van der Waals surface area contributed by atoms with Crippen molar-refractivity contribution in [3.8, 4) is 0 Å². The molecule has 0 aliphatic rings. The van der Waals surface area contributed by atoms with Gasteiger partial charge in [0.1, 0.15) is 0 Å². The molecule has 0 fully saturated rings. The summed E-state index contributed by atoms with van der Waals surface area (Å²) in [5.74, 6) is -3.73. The predicted molar refractivity (Wildman–Crippen MR) is 61.3 cm³/mol. The van der Waals surface area contributed by atoms with Crippen molar-refractivity contribution in [1.29, 1.82) is 0 Å². The van der Waals surface area contributed by atoms with Gasteiger partial charge >= 0.3 is 5.97 Å². The van der Waals surface area contributed by atoms with Gasteiger partial charge in [0.15, 0.2) is 6.10 Å². The predicted octanol–water partition coefficient (Wildman–Crippen LogP) is -0.481. The number of carboxylic acids is 1. The fraction of sp³-hybridized carbons (Fsp3) is 0.385. The maximum Gasteiger partial charge on any atom is 0.335 e. The molecule has 18 heavy (non-hydrogen) atoms. The van der Waals surface area contributed by atoms with Gasteiger partial charge in [-0.15, -0.1) is 0 Å². The molecule has 0 aromatic heterocycles. The van der Waals surface area contributed by atoms with Crippen molar-refractivity contribution in [2.75, 3.05) is 6.61 Å². The number of carbonyl (C=O) groups excluding carboxylic acids is 2. The lowest BCUT2D eigenvalue weighted by molar-refractivity contribution is -0.314. The Morgan fingerprint density at radius 3 is 2.44 bits per heavy atom. The Kier molecular flexibility index (Phi) is 5.32. The molecule has 2 atom stereocenters. The van der Waals surface area contributed by atoms with Crippen LogP contribution in [0.3, 0.4) is 0 Å². The SMILES string of the molecule is CCOC(=O)[C@H](O)[C@@H](Cc1ccccc1)C(=O)[O-]. The topological polar surface area (TPSA) is 86.7 Å². The summed E-state index contributed by atoms with van der Waals surface area (Å²) in [6, 6.07) is 8.72. The average Bonchev–Trinajstić information content (AvgIpc) is 2.36. The van der Waals surface area contributed by atoms with E-state index in [1.54, 1.807) is 37.3 Å². The van der Waals surface area contributed by atoms with Crippen LogP contribution in [0.15, 0.2) is 30.3 Å². The van der Waals surface area contributed by atoms with E-state index < -0.39 is 24.0 Å². The molecule has 1 aromatic rings. The second-order valence-corrected chi connectivity index (χ2v) is 3.81. The third kappa shape index (κ3) is 3.85. The number of aliphatic hydroxyl groups excluding tert-OH is 1. The minimum atomic E-state index is -1.71. The van der Waals surface area contributed by atoms with Gasteiger partial charge in [0.2, 0.25) is 0 Å². The molecule has 0 unspecified atom stereocenters. The van der Waals surface area contributed by atoms with E-state index in [1.165, 1.54) is 0 Å². The lowest BCUT2D eigenvalue weighted by atomic mass is 9.94. The van der Waals surface area contributed by atoms with Crippen LogP contribution in [-0.4, -0.2) is 29.8 Å². The second kappa shape index (κ2) is 6.76. The number of benzene rings is 1. The summed E-state index contributed by atoms with van der Waals surface area (Å²) in [5, 5.41) is 20.6. The van der Waals surface area contributed by atoms with Crippen LogP contribution >= 0.6 is 0 Å². The number of carboxylic acid groups (broad SMARTS) is 1. The van der Waals surface area contributed by atoms with Crippen LogP contribution in [0.5, 0.6) is 0 Å². The number of rotatable bonds is 6. The van der Waals surface area contributed by atoms with Crippen LogP contribution in [0, 0.1) is 5.92 Å². The lowest BCUT2D eigenvalue weighted by Crippen LogP contribution is -2.44. The van der Waals surface area contributed by atoms with Gasteiger partial charge in [0.25, 0.3) is 0 Å². The summed E-state index contributed by atoms with van der Waals surface area (Å²) in [6.07, 6.45) is -1.70. The molecule has 1 N–H and O–H groups in total. The van der Waals surface area contributed by atoms with Crippen molar-refractivity contribution >= 4 is 11.9 Å². The average molecular weight is 251 g/mol. The quantitative estimate of drug-likeness (QED) is 0.690. The Labute approximate surface area is 105 Å². The Hall–Kier alpha value is -1.88. The van der Waals surface area contributed by atoms with Crippen molar-refractivity contribution < 1.29 is 24.5 Å². The van der Waals surface area contributed by atoms with Gasteiger partial charge in [-0.3, -0.25) is 0 Å². The van der Waals surface area contributed by atoms with E-state index >= 15 is 0 Å². The molecule has 0 heterocycles. The summed E-state index contributed by atoms with van der Waals surface area (Å²) < 4.78 is 4.59. The van der Waals surface area contributed by atoms with Crippen LogP contribution in [-0.2, 0) is 20.7 Å². The lowest BCUT2D eigenvalue weighted by Gasteiger charge is -2.22. The first-order valence-electron chi connectivity index (χ1n) is 5.65. The van der Waals surface area contributed by atoms with E-state index in [0.717, 1.165) is 0 Å². The first-order chi connectivity index (χ1) is 8.56. The van der Waals surface area contributed by atoms with Crippen molar-refractivity contribution in [2.45, 2.75) is 19.4 Å². The van der Waals surface area contributed by atoms with Crippen molar-refractivity contribution in [3.63, 3.8) is 0 Å². The minimum Gasteiger partial charge on any atom is -0.550 e. The fourth-order valence-electron chi connectivity index (χ4n) is 1.58. The van der Waals surface area contributed by atoms with Crippen molar-refractivity contribution in [3.05, 3.63) is 35.9 Å². The number of hydrogen-bond donors (Lipinski definition) is 1. The van der Waals surface area contributed by atoms with E-state index in [4.69, 9.17) is 0 Å². The smallest absolute Gasteiger partial charge is 0.335 e. The maximum absolute atomic E-state index is 11.3. The van der Waals surface area contributed by atoms with Crippen LogP contribution in [0.2, 0.25) is 0 Å². The van der Waals surface area contributed by atoms with Gasteiger partial charge in [-0.2, -0.15) is 0 Å². The van der Waals surface area contributed by atoms with Gasteiger partial charge in [-0.05, 0) is 18.9 Å². The Morgan fingerprint density at radius 1 is 1.33 bits per heavy atom. The van der Waals surface area contributed by atoms with Crippen LogP contribution in [0.4, 0.5) is 0 Å². The molecule has 1 aromatic carbocycles. The van der Waals surface area contributed by atoms with Crippen LogP contribution in [0.1, 0.15) is 12.5 Å². The first-order valence-corrected chi connectivity index (χ1v) is 5.65. The molecule has 1 rings (SSSR count). The van der Waals surface area contributed by atoms with Gasteiger partial charge in [0.05, 0.1) is 6.61 Å². The Bertz CT molecular complexity index is 401. The highest BCUT2D eigenvalue weighted by molar-refractivity contribution is 5.82. The summed E-state index contributed by atoms with van der Waals surface area (Å²) in [6.45, 7) is 1.66. The molecule has 0 spiro atoms. The number of esters is 1. The normalized spacial score (nSPS) is 13.7. The molecule has 0 radical (unpaired) electrons. The molecule has 5 heteroatoms. The van der Waals surface area contributed by atoms with E-state index in [1.807, 2.05) is 0 Å². The van der Waals surface area contributed by atoms with Gasteiger partial charge in [0, 0.05) is 11.9 Å². The summed E-state index contributed by atoms with van der Waals surface area (Å²) >= 11 is 0. The van der Waals surface area contributed by atoms with Gasteiger partial charge in [-0.25, -0.2) is 4.79 Å². The molecule has 0 saturated heterocycles. The molecular weight excluding hydrogens is 236 g/mol. The highest BCUT2D eigenvalue weighted by atomic mass is 16.5. The van der Waals surface area contributed by atoms with E-state index in [-0.39, 0.29) is 13.0 Å². The largest absolute Gasteiger partial charge is 0.550 e.